The minimum atomic E-state index is -2.90. The van der Waals surface area contributed by atoms with E-state index in [2.05, 4.69) is 65.6 Å². The first-order valence-electron chi connectivity index (χ1n) is 26.1. The molecule has 1 heterocycles. The predicted molar refractivity (Wildman–Crippen MR) is 255 cm³/mol. The number of ether oxygens (including phenoxy) is 2. The number of rotatable bonds is 12. The Labute approximate surface area is 388 Å². The first-order valence-corrected chi connectivity index (χ1v) is 27.9. The van der Waals surface area contributed by atoms with Crippen LogP contribution in [0.5, 0.6) is 0 Å². The van der Waals surface area contributed by atoms with Gasteiger partial charge in [-0.25, -0.2) is 8.42 Å². The molecule has 7 saturated carbocycles. The van der Waals surface area contributed by atoms with E-state index < -0.39 is 15.3 Å². The average molecular weight is 903 g/mol. The highest BCUT2D eigenvalue weighted by Crippen LogP contribution is 2.79. The predicted octanol–water partition coefficient (Wildman–Crippen LogP) is 10.5. The number of nitrogens with zero attached hydrogens (tertiary/aromatic N) is 1. The van der Waals surface area contributed by atoms with Crippen molar-refractivity contribution in [2.24, 2.45) is 85.2 Å². The first-order chi connectivity index (χ1) is 30.0. The van der Waals surface area contributed by atoms with Gasteiger partial charge in [0.2, 0.25) is 0 Å². The lowest BCUT2D eigenvalue weighted by Gasteiger charge is -2.73. The van der Waals surface area contributed by atoms with Crippen LogP contribution in [0.4, 0.5) is 0 Å². The van der Waals surface area contributed by atoms with Crippen LogP contribution >= 0.6 is 0 Å². The van der Waals surface area contributed by atoms with Gasteiger partial charge in [-0.2, -0.15) is 0 Å². The molecule has 0 spiro atoms. The number of carbonyl (C=O) groups is 2. The summed E-state index contributed by atoms with van der Waals surface area (Å²) in [7, 11) is -2.90. The number of fused-ring (bicyclic) bond motifs is 7. The quantitative estimate of drug-likeness (QED) is 0.207. The van der Waals surface area contributed by atoms with E-state index >= 15 is 0 Å². The minimum Gasteiger partial charge on any atom is -0.462 e. The van der Waals surface area contributed by atoms with Crippen molar-refractivity contribution in [3.63, 3.8) is 0 Å². The Bertz CT molecular complexity index is 2020. The summed E-state index contributed by atoms with van der Waals surface area (Å²) in [5.74, 6) is 3.61. The molecule has 1 N–H and O–H groups in total. The summed E-state index contributed by atoms with van der Waals surface area (Å²) < 4.78 is 37.0. The van der Waals surface area contributed by atoms with Crippen molar-refractivity contribution in [2.45, 2.75) is 171 Å². The van der Waals surface area contributed by atoms with Crippen LogP contribution in [0.1, 0.15) is 158 Å². The van der Waals surface area contributed by atoms with Gasteiger partial charge in [0.15, 0.2) is 9.84 Å². The van der Waals surface area contributed by atoms with Crippen LogP contribution in [-0.4, -0.2) is 75.1 Å². The third kappa shape index (κ3) is 7.59. The number of sulfone groups is 1. The molecule has 13 atom stereocenters. The highest BCUT2D eigenvalue weighted by Gasteiger charge is 2.72. The lowest BCUT2D eigenvalue weighted by molar-refractivity contribution is -0.253. The van der Waals surface area contributed by atoms with E-state index in [9.17, 15) is 18.0 Å². The molecule has 8 nitrogen and oxygen atoms in total. The third-order valence-corrected chi connectivity index (χ3v) is 23.9. The van der Waals surface area contributed by atoms with Crippen molar-refractivity contribution in [3.05, 3.63) is 35.9 Å². The van der Waals surface area contributed by atoms with Crippen molar-refractivity contribution in [1.82, 2.24) is 10.2 Å². The fraction of sp³-hybridized carbons (Fsp3) is 0.855. The smallest absolute Gasteiger partial charge is 0.309 e. The molecule has 1 aromatic rings. The standard InChI is InChI=1S/C55H86N2O6S/c1-36(2)42(57-28-30-64(60,61)31-29-57)33-56-35-55-23-18-38(51(7)24-25-51)46(55)39-16-17-44-52(8)21-20-45(50(5,6)43(52)19-22-54(44,10)53(39,9)26-27-55)63-48(59)41-32-40(49(41,3)4)47(58)62-34-37-14-12-11-13-15-37/h11-15,36,38-46,56H,16-35H2,1-10H3/t38-,39?,40+,41-,42-,43+,44-,45?,46-,52+,53-,54-,55?/m1/s1. The van der Waals surface area contributed by atoms with Crippen LogP contribution < -0.4 is 5.32 Å². The summed E-state index contributed by atoms with van der Waals surface area (Å²) in [5.41, 5.74) is 1.96. The molecule has 1 saturated heterocycles. The van der Waals surface area contributed by atoms with E-state index in [1.54, 1.807) is 0 Å². The number of carbonyl (C=O) groups excluding carboxylic acids is 2. The zero-order chi connectivity index (χ0) is 45.9. The molecule has 1 aliphatic heterocycles. The molecule has 0 bridgehead atoms. The Morgan fingerprint density at radius 2 is 1.42 bits per heavy atom. The maximum atomic E-state index is 14.1. The van der Waals surface area contributed by atoms with Gasteiger partial charge in [-0.3, -0.25) is 14.5 Å². The summed E-state index contributed by atoms with van der Waals surface area (Å²) in [4.78, 5) is 29.8. The zero-order valence-corrected chi connectivity index (χ0v) is 42.4. The lowest BCUT2D eigenvalue weighted by atomic mass is 9.32. The zero-order valence-electron chi connectivity index (χ0n) is 41.6. The van der Waals surface area contributed by atoms with Gasteiger partial charge in [-0.1, -0.05) is 99.6 Å². The molecule has 0 radical (unpaired) electrons. The van der Waals surface area contributed by atoms with E-state index in [-0.39, 0.29) is 52.7 Å². The highest BCUT2D eigenvalue weighted by molar-refractivity contribution is 7.91. The van der Waals surface area contributed by atoms with Crippen molar-refractivity contribution in [2.75, 3.05) is 37.7 Å². The van der Waals surface area contributed by atoms with Gasteiger partial charge >= 0.3 is 11.9 Å². The van der Waals surface area contributed by atoms with Crippen LogP contribution in [0, 0.1) is 85.2 Å². The Hall–Kier alpha value is -1.97. The summed E-state index contributed by atoms with van der Waals surface area (Å²) >= 11 is 0. The fourth-order valence-corrected chi connectivity index (χ4v) is 18.9. The topological polar surface area (TPSA) is 102 Å². The van der Waals surface area contributed by atoms with E-state index in [1.807, 2.05) is 44.2 Å². The highest BCUT2D eigenvalue weighted by atomic mass is 32.2. The first kappa shape index (κ1) is 47.1. The third-order valence-electron chi connectivity index (χ3n) is 22.2. The Morgan fingerprint density at radius 3 is 2.08 bits per heavy atom. The number of hydrogen-bond donors (Lipinski definition) is 1. The maximum Gasteiger partial charge on any atom is 0.309 e. The molecule has 3 unspecified atom stereocenters. The van der Waals surface area contributed by atoms with E-state index in [1.165, 1.54) is 64.2 Å². The van der Waals surface area contributed by atoms with Gasteiger partial charge in [0, 0.05) is 37.6 Å². The Kier molecular flexibility index (Phi) is 12.0. The van der Waals surface area contributed by atoms with E-state index in [0.29, 0.717) is 71.1 Å². The van der Waals surface area contributed by atoms with Crippen LogP contribution in [0.2, 0.25) is 0 Å². The van der Waals surface area contributed by atoms with Crippen LogP contribution in [0.15, 0.2) is 30.3 Å². The lowest BCUT2D eigenvalue weighted by Crippen LogP contribution is -2.67. The van der Waals surface area contributed by atoms with Gasteiger partial charge in [-0.05, 0) is 157 Å². The van der Waals surface area contributed by atoms with Gasteiger partial charge < -0.3 is 14.8 Å². The molecule has 0 amide bonds. The average Bonchev–Trinajstić information content (AvgIpc) is 3.86. The monoisotopic (exact) mass is 903 g/mol. The molecule has 0 aromatic heterocycles. The largest absolute Gasteiger partial charge is 0.462 e. The number of esters is 2. The van der Waals surface area contributed by atoms with Crippen molar-refractivity contribution >= 4 is 21.8 Å². The van der Waals surface area contributed by atoms with Gasteiger partial charge in [0.05, 0.1) is 23.3 Å². The molecule has 8 aliphatic rings. The molecule has 64 heavy (non-hydrogen) atoms. The second-order valence-electron chi connectivity index (χ2n) is 26.0. The van der Waals surface area contributed by atoms with E-state index in [0.717, 1.165) is 49.2 Å². The molecule has 8 fully saturated rings. The Balaban J connectivity index is 0.877. The van der Waals surface area contributed by atoms with Crippen molar-refractivity contribution in [1.29, 1.82) is 0 Å². The maximum absolute atomic E-state index is 14.1. The summed E-state index contributed by atoms with van der Waals surface area (Å²) in [6.45, 7) is 28.0. The fourth-order valence-electron chi connectivity index (χ4n) is 17.7. The second kappa shape index (κ2) is 16.3. The number of nitrogens with one attached hydrogen (secondary N) is 1. The van der Waals surface area contributed by atoms with Crippen LogP contribution in [-0.2, 0) is 35.5 Å². The molecule has 9 heteroatoms. The number of benzene rings is 1. The molecule has 1 aromatic carbocycles. The molecule has 7 aliphatic carbocycles. The molecular formula is C55H86N2O6S. The minimum absolute atomic E-state index is 0.117. The molecular weight excluding hydrogens is 817 g/mol. The van der Waals surface area contributed by atoms with Crippen molar-refractivity contribution < 1.29 is 27.5 Å². The normalized spacial score (nSPS) is 43.0. The summed E-state index contributed by atoms with van der Waals surface area (Å²) in [6.07, 6.45) is 15.7. The summed E-state index contributed by atoms with van der Waals surface area (Å²) in [5, 5.41) is 4.14. The van der Waals surface area contributed by atoms with Crippen LogP contribution in [0.25, 0.3) is 0 Å². The summed E-state index contributed by atoms with van der Waals surface area (Å²) in [6, 6.07) is 10.2. The molecule has 358 valence electrons. The van der Waals surface area contributed by atoms with Gasteiger partial charge in [0.1, 0.15) is 12.7 Å². The van der Waals surface area contributed by atoms with Crippen LogP contribution in [0.3, 0.4) is 0 Å². The number of hydrogen-bond acceptors (Lipinski definition) is 8. The van der Waals surface area contributed by atoms with Crippen molar-refractivity contribution in [3.8, 4) is 0 Å². The second-order valence-corrected chi connectivity index (χ2v) is 28.3. The van der Waals surface area contributed by atoms with E-state index in [4.69, 9.17) is 9.47 Å². The SMILES string of the molecule is CC(C)[C@@H](CNCC12CC[C@@H](C3(C)CC3)[C@@H]1C1CC[C@@H]3[C@@]4(C)CCC(OC(=O)[C@H]5C[C@@H](C(=O)OCc6ccccc6)C5(C)C)C(C)(C)[C@@H]4CC[C@@]3(C)[C@]1(C)CC2)N1CCS(=O)(=O)CC1. The molecule has 9 rings (SSSR count). The van der Waals surface area contributed by atoms with Gasteiger partial charge in [-0.15, -0.1) is 0 Å². The Morgan fingerprint density at radius 1 is 0.734 bits per heavy atom. The van der Waals surface area contributed by atoms with Gasteiger partial charge in [0.25, 0.3) is 0 Å².